The van der Waals surface area contributed by atoms with E-state index in [0.29, 0.717) is 6.54 Å². The van der Waals surface area contributed by atoms with Gasteiger partial charge in [-0.2, -0.15) is 5.10 Å². The predicted octanol–water partition coefficient (Wildman–Crippen LogP) is 2.22. The number of ether oxygens (including phenoxy) is 1. The molecule has 16 heavy (non-hydrogen) atoms. The molecule has 5 heteroatoms. The molecule has 0 saturated heterocycles. The smallest absolute Gasteiger partial charge is 0.411 e. The third-order valence-electron chi connectivity index (χ3n) is 2.61. The Labute approximate surface area is 94.8 Å². The Balaban J connectivity index is 2.09. The molecule has 1 aliphatic rings. The van der Waals surface area contributed by atoms with E-state index in [1.54, 1.807) is 11.1 Å². The number of hydrogen-bond acceptors (Lipinski definition) is 3. The number of carbonyl (C=O) groups is 1. The van der Waals surface area contributed by atoms with Crippen molar-refractivity contribution in [2.45, 2.75) is 45.9 Å². The molecule has 1 aromatic rings. The number of nitrogens with zero attached hydrogens (tertiary/aromatic N) is 2. The minimum absolute atomic E-state index is 0.00681. The van der Waals surface area contributed by atoms with E-state index in [2.05, 4.69) is 10.2 Å². The molecule has 0 fully saturated rings. The maximum atomic E-state index is 11.9. The van der Waals surface area contributed by atoms with Gasteiger partial charge in [0.2, 0.25) is 0 Å². The van der Waals surface area contributed by atoms with Gasteiger partial charge in [-0.05, 0) is 27.7 Å². The van der Waals surface area contributed by atoms with Crippen LogP contribution in [0.2, 0.25) is 0 Å². The number of carbonyl (C=O) groups excluding carboxylic acids is 1. The number of H-pyrrole nitrogens is 1. The number of fused-ring (bicyclic) bond motifs is 1. The van der Waals surface area contributed by atoms with Gasteiger partial charge in [-0.25, -0.2) is 4.79 Å². The Morgan fingerprint density at radius 2 is 2.31 bits per heavy atom. The van der Waals surface area contributed by atoms with Crippen LogP contribution in [0.1, 0.15) is 45.0 Å². The molecule has 2 rings (SSSR count). The molecule has 1 aliphatic heterocycles. The molecule has 0 spiro atoms. The summed E-state index contributed by atoms with van der Waals surface area (Å²) in [5, 5.41) is 6.87. The van der Waals surface area contributed by atoms with E-state index in [-0.39, 0.29) is 12.1 Å². The lowest BCUT2D eigenvalue weighted by atomic mass is 10.2. The highest BCUT2D eigenvalue weighted by atomic mass is 16.6. The van der Waals surface area contributed by atoms with Crippen molar-refractivity contribution < 1.29 is 9.53 Å². The highest BCUT2D eigenvalue weighted by Crippen LogP contribution is 2.32. The van der Waals surface area contributed by atoms with Gasteiger partial charge in [0.15, 0.2) is 0 Å². The Bertz CT molecular complexity index is 406. The molecule has 1 aromatic heterocycles. The zero-order chi connectivity index (χ0) is 11.9. The summed E-state index contributed by atoms with van der Waals surface area (Å²) in [6, 6.07) is 0.00681. The summed E-state index contributed by atoms with van der Waals surface area (Å²) in [6.45, 7) is 8.14. The van der Waals surface area contributed by atoms with E-state index in [9.17, 15) is 4.79 Å². The summed E-state index contributed by atoms with van der Waals surface area (Å²) in [4.78, 5) is 13.6. The number of aromatic amines is 1. The summed E-state index contributed by atoms with van der Waals surface area (Å²) in [7, 11) is 0. The lowest BCUT2D eigenvalue weighted by molar-refractivity contribution is 0.0184. The molecule has 88 valence electrons. The van der Waals surface area contributed by atoms with E-state index in [1.165, 1.54) is 0 Å². The fourth-order valence-corrected chi connectivity index (χ4v) is 1.83. The van der Waals surface area contributed by atoms with Crippen LogP contribution in [0.3, 0.4) is 0 Å². The number of amides is 1. The molecule has 2 heterocycles. The Hall–Kier alpha value is -1.52. The Morgan fingerprint density at radius 3 is 2.88 bits per heavy atom. The lowest BCUT2D eigenvalue weighted by Crippen LogP contribution is -2.35. The predicted molar refractivity (Wildman–Crippen MR) is 58.8 cm³/mol. The van der Waals surface area contributed by atoms with E-state index < -0.39 is 5.60 Å². The average Bonchev–Trinajstić information content (AvgIpc) is 2.66. The maximum absolute atomic E-state index is 11.9. The van der Waals surface area contributed by atoms with E-state index in [1.807, 2.05) is 27.7 Å². The third-order valence-corrected chi connectivity index (χ3v) is 2.61. The lowest BCUT2D eigenvalue weighted by Gasteiger charge is -2.27. The van der Waals surface area contributed by atoms with Gasteiger partial charge in [0.05, 0.1) is 24.5 Å². The van der Waals surface area contributed by atoms with Crippen molar-refractivity contribution in [3.8, 4) is 0 Å². The first-order valence-corrected chi connectivity index (χ1v) is 5.40. The SMILES string of the molecule is C[C@H]1c2[nH]ncc2CN1C(=O)OC(C)(C)C. The quantitative estimate of drug-likeness (QED) is 0.733. The van der Waals surface area contributed by atoms with E-state index in [4.69, 9.17) is 4.74 Å². The first-order valence-electron chi connectivity index (χ1n) is 5.40. The zero-order valence-electron chi connectivity index (χ0n) is 10.1. The fraction of sp³-hybridized carbons (Fsp3) is 0.636. The minimum Gasteiger partial charge on any atom is -0.444 e. The highest BCUT2D eigenvalue weighted by molar-refractivity contribution is 5.69. The molecule has 1 amide bonds. The summed E-state index contributed by atoms with van der Waals surface area (Å²) < 4.78 is 5.35. The fourth-order valence-electron chi connectivity index (χ4n) is 1.83. The van der Waals surface area contributed by atoms with Gasteiger partial charge in [0.25, 0.3) is 0 Å². The van der Waals surface area contributed by atoms with Crippen LogP contribution in [-0.4, -0.2) is 26.8 Å². The number of rotatable bonds is 0. The molecule has 0 saturated carbocycles. The van der Waals surface area contributed by atoms with Crippen LogP contribution in [0.4, 0.5) is 4.79 Å². The van der Waals surface area contributed by atoms with Gasteiger partial charge in [-0.3, -0.25) is 10.00 Å². The minimum atomic E-state index is -0.453. The maximum Gasteiger partial charge on any atom is 0.411 e. The van der Waals surface area contributed by atoms with Crippen molar-refractivity contribution in [2.24, 2.45) is 0 Å². The van der Waals surface area contributed by atoms with Gasteiger partial charge in [0.1, 0.15) is 5.60 Å². The largest absolute Gasteiger partial charge is 0.444 e. The van der Waals surface area contributed by atoms with Gasteiger partial charge in [-0.15, -0.1) is 0 Å². The molecular weight excluding hydrogens is 206 g/mol. The summed E-state index contributed by atoms with van der Waals surface area (Å²) in [6.07, 6.45) is 1.49. The van der Waals surface area contributed by atoms with Gasteiger partial charge in [0, 0.05) is 5.56 Å². The van der Waals surface area contributed by atoms with Crippen LogP contribution in [-0.2, 0) is 11.3 Å². The second-order valence-electron chi connectivity index (χ2n) is 5.09. The van der Waals surface area contributed by atoms with Crippen molar-refractivity contribution in [3.63, 3.8) is 0 Å². The Kier molecular flexibility index (Phi) is 2.40. The Morgan fingerprint density at radius 1 is 1.62 bits per heavy atom. The normalized spacial score (nSPS) is 19.8. The zero-order valence-corrected chi connectivity index (χ0v) is 10.1. The number of nitrogens with one attached hydrogen (secondary N) is 1. The van der Waals surface area contributed by atoms with Crippen LogP contribution in [0, 0.1) is 0 Å². The molecule has 0 aliphatic carbocycles. The van der Waals surface area contributed by atoms with Crippen LogP contribution in [0.15, 0.2) is 6.20 Å². The number of aromatic nitrogens is 2. The van der Waals surface area contributed by atoms with Crippen LogP contribution in [0.5, 0.6) is 0 Å². The average molecular weight is 223 g/mol. The molecule has 1 N–H and O–H groups in total. The van der Waals surface area contributed by atoms with Crippen LogP contribution >= 0.6 is 0 Å². The van der Waals surface area contributed by atoms with Crippen molar-refractivity contribution >= 4 is 6.09 Å². The van der Waals surface area contributed by atoms with Crippen molar-refractivity contribution in [1.82, 2.24) is 15.1 Å². The summed E-state index contributed by atoms with van der Waals surface area (Å²) in [5.74, 6) is 0. The highest BCUT2D eigenvalue weighted by Gasteiger charge is 2.34. The van der Waals surface area contributed by atoms with Crippen LogP contribution in [0.25, 0.3) is 0 Å². The summed E-state index contributed by atoms with van der Waals surface area (Å²) in [5.41, 5.74) is 1.62. The van der Waals surface area contributed by atoms with E-state index >= 15 is 0 Å². The summed E-state index contributed by atoms with van der Waals surface area (Å²) >= 11 is 0. The first-order chi connectivity index (χ1) is 7.38. The van der Waals surface area contributed by atoms with Crippen molar-refractivity contribution in [1.29, 1.82) is 0 Å². The van der Waals surface area contributed by atoms with Crippen molar-refractivity contribution in [2.75, 3.05) is 0 Å². The molecule has 0 bridgehead atoms. The second-order valence-corrected chi connectivity index (χ2v) is 5.09. The molecule has 0 aromatic carbocycles. The van der Waals surface area contributed by atoms with E-state index in [0.717, 1.165) is 11.3 Å². The third kappa shape index (κ3) is 1.89. The first kappa shape index (κ1) is 11.0. The second kappa shape index (κ2) is 3.50. The molecule has 5 nitrogen and oxygen atoms in total. The molecular formula is C11H17N3O2. The monoisotopic (exact) mass is 223 g/mol. The standard InChI is InChI=1S/C11H17N3O2/c1-7-9-8(5-12-13-9)6-14(7)10(15)16-11(2,3)4/h5,7H,6H2,1-4H3,(H,12,13)/t7-/m0/s1. The van der Waals surface area contributed by atoms with Gasteiger partial charge in [-0.1, -0.05) is 0 Å². The molecule has 1 atom stereocenters. The topological polar surface area (TPSA) is 58.2 Å². The number of hydrogen-bond donors (Lipinski definition) is 1. The molecule has 0 unspecified atom stereocenters. The van der Waals surface area contributed by atoms with Gasteiger partial charge < -0.3 is 4.74 Å². The van der Waals surface area contributed by atoms with Gasteiger partial charge >= 0.3 is 6.09 Å². The molecule has 0 radical (unpaired) electrons. The van der Waals surface area contributed by atoms with Crippen LogP contribution < -0.4 is 0 Å². The van der Waals surface area contributed by atoms with Crippen molar-refractivity contribution in [3.05, 3.63) is 17.5 Å².